The van der Waals surface area contributed by atoms with Gasteiger partial charge >= 0.3 is 5.97 Å². The molecule has 3 nitrogen and oxygen atoms in total. The Labute approximate surface area is 75.6 Å². The van der Waals surface area contributed by atoms with Crippen LogP contribution in [0.3, 0.4) is 0 Å². The summed E-state index contributed by atoms with van der Waals surface area (Å²) in [7, 11) is 0. The summed E-state index contributed by atoms with van der Waals surface area (Å²) in [6.45, 7) is 0. The van der Waals surface area contributed by atoms with Crippen molar-refractivity contribution in [3.63, 3.8) is 0 Å². The van der Waals surface area contributed by atoms with Crippen molar-refractivity contribution in [2.75, 3.05) is 0 Å². The van der Waals surface area contributed by atoms with Gasteiger partial charge in [-0.3, -0.25) is 4.79 Å². The maximum absolute atomic E-state index is 10.8. The summed E-state index contributed by atoms with van der Waals surface area (Å²) in [4.78, 5) is 10.8. The molecule has 2 rings (SSSR count). The van der Waals surface area contributed by atoms with Crippen LogP contribution in [0.5, 0.6) is 5.75 Å². The van der Waals surface area contributed by atoms with E-state index in [2.05, 4.69) is 0 Å². The fourth-order valence-electron chi connectivity index (χ4n) is 1.91. The van der Waals surface area contributed by atoms with Crippen molar-refractivity contribution in [2.24, 2.45) is 0 Å². The van der Waals surface area contributed by atoms with Gasteiger partial charge in [0.15, 0.2) is 0 Å². The van der Waals surface area contributed by atoms with Crippen LogP contribution >= 0.6 is 0 Å². The number of phenolic OH excluding ortho intramolecular Hbond substituents is 1. The van der Waals surface area contributed by atoms with Gasteiger partial charge in [0.05, 0.1) is 5.92 Å². The smallest absolute Gasteiger partial charge is 0.311 e. The highest BCUT2D eigenvalue weighted by Crippen LogP contribution is 2.38. The number of benzene rings is 1. The molecule has 0 radical (unpaired) electrons. The molecule has 0 bridgehead atoms. The zero-order valence-corrected chi connectivity index (χ0v) is 7.03. The molecule has 1 aliphatic carbocycles. The van der Waals surface area contributed by atoms with E-state index in [-0.39, 0.29) is 5.75 Å². The third-order valence-electron chi connectivity index (χ3n) is 2.52. The molecular weight excluding hydrogens is 168 g/mol. The largest absolute Gasteiger partial charge is 0.508 e. The Kier molecular flexibility index (Phi) is 1.72. The van der Waals surface area contributed by atoms with Crippen LogP contribution in [0, 0.1) is 0 Å². The summed E-state index contributed by atoms with van der Waals surface area (Å²) >= 11 is 0. The van der Waals surface area contributed by atoms with Crippen molar-refractivity contribution in [1.29, 1.82) is 0 Å². The molecule has 1 aliphatic rings. The molecule has 1 aromatic carbocycles. The van der Waals surface area contributed by atoms with Gasteiger partial charge in [0, 0.05) is 5.56 Å². The topological polar surface area (TPSA) is 57.5 Å². The predicted octanol–water partition coefficient (Wildman–Crippen LogP) is 1.51. The highest BCUT2D eigenvalue weighted by molar-refractivity contribution is 5.79. The van der Waals surface area contributed by atoms with Gasteiger partial charge in [0.25, 0.3) is 0 Å². The number of carboxylic acids is 1. The number of fused-ring (bicyclic) bond motifs is 1. The first-order valence-corrected chi connectivity index (χ1v) is 4.23. The zero-order valence-electron chi connectivity index (χ0n) is 7.03. The van der Waals surface area contributed by atoms with E-state index >= 15 is 0 Å². The molecule has 0 saturated carbocycles. The lowest BCUT2D eigenvalue weighted by Crippen LogP contribution is -2.07. The maximum Gasteiger partial charge on any atom is 0.311 e. The van der Waals surface area contributed by atoms with Gasteiger partial charge in [-0.1, -0.05) is 12.1 Å². The number of hydrogen-bond donors (Lipinski definition) is 2. The predicted molar refractivity (Wildman–Crippen MR) is 46.8 cm³/mol. The van der Waals surface area contributed by atoms with Crippen LogP contribution < -0.4 is 0 Å². The molecule has 0 saturated heterocycles. The zero-order chi connectivity index (χ0) is 9.42. The Balaban J connectivity index is 2.52. The molecule has 1 aromatic rings. The molecule has 13 heavy (non-hydrogen) atoms. The second-order valence-electron chi connectivity index (χ2n) is 3.28. The van der Waals surface area contributed by atoms with Crippen molar-refractivity contribution in [1.82, 2.24) is 0 Å². The maximum atomic E-state index is 10.8. The Morgan fingerprint density at radius 3 is 2.92 bits per heavy atom. The summed E-state index contributed by atoms with van der Waals surface area (Å²) < 4.78 is 0. The average Bonchev–Trinajstić information content (AvgIpc) is 2.49. The lowest BCUT2D eigenvalue weighted by Gasteiger charge is -2.07. The van der Waals surface area contributed by atoms with Crippen LogP contribution in [-0.4, -0.2) is 16.2 Å². The average molecular weight is 178 g/mol. The van der Waals surface area contributed by atoms with E-state index in [4.69, 9.17) is 5.11 Å². The van der Waals surface area contributed by atoms with E-state index in [1.165, 1.54) is 0 Å². The lowest BCUT2D eigenvalue weighted by molar-refractivity contribution is -0.138. The summed E-state index contributed by atoms with van der Waals surface area (Å²) in [6.07, 6.45) is 1.35. The molecule has 0 fully saturated rings. The number of phenols is 1. The number of rotatable bonds is 1. The quantitative estimate of drug-likeness (QED) is 0.685. The van der Waals surface area contributed by atoms with Crippen molar-refractivity contribution >= 4 is 5.97 Å². The second-order valence-corrected chi connectivity index (χ2v) is 3.28. The molecule has 68 valence electrons. The van der Waals surface area contributed by atoms with Gasteiger partial charge in [0.2, 0.25) is 0 Å². The van der Waals surface area contributed by atoms with E-state index in [1.54, 1.807) is 12.1 Å². The van der Waals surface area contributed by atoms with Crippen molar-refractivity contribution in [3.05, 3.63) is 29.3 Å². The van der Waals surface area contributed by atoms with Gasteiger partial charge in [-0.05, 0) is 24.5 Å². The standard InChI is InChI=1S/C10H10O3/c11-8-3-1-2-6-4-5-7(9(6)8)10(12)13/h1-3,7,11H,4-5H2,(H,12,13)/t7-/m0/s1. The first-order valence-electron chi connectivity index (χ1n) is 4.23. The molecular formula is C10H10O3. The summed E-state index contributed by atoms with van der Waals surface area (Å²) in [5, 5.41) is 18.4. The molecule has 1 atom stereocenters. The summed E-state index contributed by atoms with van der Waals surface area (Å²) in [5.74, 6) is -1.25. The summed E-state index contributed by atoms with van der Waals surface area (Å²) in [5.41, 5.74) is 1.57. The molecule has 0 spiro atoms. The molecule has 0 aliphatic heterocycles. The fourth-order valence-corrected chi connectivity index (χ4v) is 1.91. The van der Waals surface area contributed by atoms with Gasteiger partial charge in [-0.15, -0.1) is 0 Å². The summed E-state index contributed by atoms with van der Waals surface area (Å²) in [6, 6.07) is 5.16. The van der Waals surface area contributed by atoms with Gasteiger partial charge < -0.3 is 10.2 Å². The highest BCUT2D eigenvalue weighted by Gasteiger charge is 2.30. The first-order chi connectivity index (χ1) is 6.20. The number of aliphatic carboxylic acids is 1. The van der Waals surface area contributed by atoms with Crippen LogP contribution in [0.2, 0.25) is 0 Å². The lowest BCUT2D eigenvalue weighted by atomic mass is 10.0. The van der Waals surface area contributed by atoms with Gasteiger partial charge in [0.1, 0.15) is 5.75 Å². The second kappa shape index (κ2) is 2.76. The van der Waals surface area contributed by atoms with Crippen LogP contribution in [0.25, 0.3) is 0 Å². The minimum Gasteiger partial charge on any atom is -0.508 e. The van der Waals surface area contributed by atoms with Crippen LogP contribution in [0.4, 0.5) is 0 Å². The van der Waals surface area contributed by atoms with E-state index in [1.807, 2.05) is 6.07 Å². The molecule has 3 heteroatoms. The third-order valence-corrected chi connectivity index (χ3v) is 2.52. The third kappa shape index (κ3) is 1.16. The van der Waals surface area contributed by atoms with Crippen LogP contribution in [0.1, 0.15) is 23.5 Å². The Hall–Kier alpha value is -1.51. The van der Waals surface area contributed by atoms with Crippen molar-refractivity contribution < 1.29 is 15.0 Å². The number of aryl methyl sites for hydroxylation is 1. The Morgan fingerprint density at radius 1 is 1.46 bits per heavy atom. The molecule has 0 amide bonds. The SMILES string of the molecule is O=C(O)[C@H]1CCc2cccc(O)c21. The van der Waals surface area contributed by atoms with E-state index in [0.717, 1.165) is 12.0 Å². The van der Waals surface area contributed by atoms with Gasteiger partial charge in [-0.2, -0.15) is 0 Å². The first kappa shape index (κ1) is 8.10. The normalized spacial score (nSPS) is 19.8. The Bertz CT molecular complexity index is 357. The number of carbonyl (C=O) groups is 1. The number of aromatic hydroxyl groups is 1. The number of carboxylic acid groups (broad SMARTS) is 1. The fraction of sp³-hybridized carbons (Fsp3) is 0.300. The van der Waals surface area contributed by atoms with Crippen molar-refractivity contribution in [3.8, 4) is 5.75 Å². The van der Waals surface area contributed by atoms with Crippen LogP contribution in [0.15, 0.2) is 18.2 Å². The van der Waals surface area contributed by atoms with E-state index in [9.17, 15) is 9.90 Å². The van der Waals surface area contributed by atoms with Gasteiger partial charge in [-0.25, -0.2) is 0 Å². The highest BCUT2D eigenvalue weighted by atomic mass is 16.4. The molecule has 0 unspecified atom stereocenters. The Morgan fingerprint density at radius 2 is 2.23 bits per heavy atom. The molecule has 0 heterocycles. The van der Waals surface area contributed by atoms with Crippen LogP contribution in [-0.2, 0) is 11.2 Å². The van der Waals surface area contributed by atoms with E-state index in [0.29, 0.717) is 12.0 Å². The monoisotopic (exact) mass is 178 g/mol. The number of hydrogen-bond acceptors (Lipinski definition) is 2. The van der Waals surface area contributed by atoms with Crippen molar-refractivity contribution in [2.45, 2.75) is 18.8 Å². The minimum atomic E-state index is -0.847. The molecule has 0 aromatic heterocycles. The molecule has 2 N–H and O–H groups in total. The van der Waals surface area contributed by atoms with E-state index < -0.39 is 11.9 Å². The minimum absolute atomic E-state index is 0.113.